The lowest BCUT2D eigenvalue weighted by Gasteiger charge is -2.15. The van der Waals surface area contributed by atoms with Crippen molar-refractivity contribution in [3.63, 3.8) is 0 Å². The average molecular weight is 135 g/mol. The molecular formula is C7H9N3. The highest BCUT2D eigenvalue weighted by Gasteiger charge is 2.06. The number of nitrogens with one attached hydrogen (secondary N) is 1. The lowest BCUT2D eigenvalue weighted by atomic mass is 10.3. The molecule has 2 heterocycles. The van der Waals surface area contributed by atoms with Crippen molar-refractivity contribution in [2.24, 2.45) is 0 Å². The normalized spacial score (nSPS) is 21.9. The number of rotatable bonds is 0. The van der Waals surface area contributed by atoms with Crippen molar-refractivity contribution in [3.8, 4) is 0 Å². The molecule has 1 N–H and O–H groups in total. The summed E-state index contributed by atoms with van der Waals surface area (Å²) in [6.07, 6.45) is 7.81. The van der Waals surface area contributed by atoms with Gasteiger partial charge in [-0.1, -0.05) is 0 Å². The van der Waals surface area contributed by atoms with E-state index in [1.54, 1.807) is 6.20 Å². The number of hydrogen-bond donors (Lipinski definition) is 1. The number of fused-ring (bicyclic) bond motifs is 1. The maximum absolute atomic E-state index is 4.11. The number of nitrogens with zero attached hydrogens (tertiary/aromatic N) is 2. The summed E-state index contributed by atoms with van der Waals surface area (Å²) in [5.74, 6) is 0.926. The quantitative estimate of drug-likeness (QED) is 0.578. The fraction of sp³-hybridized carbons (Fsp3) is 0.286. The third kappa shape index (κ3) is 0.708. The van der Waals surface area contributed by atoms with Crippen molar-refractivity contribution in [1.29, 1.82) is 0 Å². The smallest absolute Gasteiger partial charge is 0.207 e. The second kappa shape index (κ2) is 1.87. The van der Waals surface area contributed by atoms with Gasteiger partial charge in [-0.15, -0.1) is 0 Å². The van der Waals surface area contributed by atoms with Crippen LogP contribution in [0.4, 0.5) is 5.95 Å². The molecule has 0 unspecified atom stereocenters. The molecule has 0 aromatic carbocycles. The van der Waals surface area contributed by atoms with Crippen molar-refractivity contribution in [1.82, 2.24) is 9.55 Å². The Morgan fingerprint density at radius 2 is 2.60 bits per heavy atom. The van der Waals surface area contributed by atoms with Gasteiger partial charge in [-0.3, -0.25) is 4.57 Å². The maximum Gasteiger partial charge on any atom is 0.207 e. The summed E-state index contributed by atoms with van der Waals surface area (Å²) in [5, 5.41) is 3.20. The van der Waals surface area contributed by atoms with Gasteiger partial charge >= 0.3 is 0 Å². The van der Waals surface area contributed by atoms with Crippen LogP contribution in [0.1, 0.15) is 6.92 Å². The molecule has 0 aliphatic carbocycles. The van der Waals surface area contributed by atoms with Gasteiger partial charge in [0.2, 0.25) is 5.95 Å². The first-order chi connectivity index (χ1) is 4.86. The molecule has 2 rings (SSSR count). The molecule has 3 nitrogen and oxygen atoms in total. The minimum absolute atomic E-state index is 0.398. The summed E-state index contributed by atoms with van der Waals surface area (Å²) < 4.78 is 1.96. The van der Waals surface area contributed by atoms with E-state index in [1.165, 1.54) is 0 Å². The molecule has 0 saturated heterocycles. The van der Waals surface area contributed by atoms with Crippen LogP contribution in [0.3, 0.4) is 0 Å². The van der Waals surface area contributed by atoms with Crippen molar-refractivity contribution < 1.29 is 0 Å². The zero-order valence-corrected chi connectivity index (χ0v) is 5.78. The molecule has 3 heteroatoms. The summed E-state index contributed by atoms with van der Waals surface area (Å²) in [7, 11) is 0. The van der Waals surface area contributed by atoms with E-state index in [-0.39, 0.29) is 0 Å². The van der Waals surface area contributed by atoms with Crippen LogP contribution in [0.2, 0.25) is 0 Å². The molecule has 0 radical (unpaired) electrons. The average Bonchev–Trinajstić information content (AvgIpc) is 2.33. The topological polar surface area (TPSA) is 29.9 Å². The first kappa shape index (κ1) is 5.53. The monoisotopic (exact) mass is 135 g/mol. The minimum Gasteiger partial charge on any atom is -0.349 e. The van der Waals surface area contributed by atoms with E-state index < -0.39 is 0 Å². The lowest BCUT2D eigenvalue weighted by molar-refractivity contribution is 0.919. The molecule has 0 saturated carbocycles. The summed E-state index contributed by atoms with van der Waals surface area (Å²) in [5.41, 5.74) is 0. The van der Waals surface area contributed by atoms with Gasteiger partial charge in [0.1, 0.15) is 0 Å². The van der Waals surface area contributed by atoms with E-state index in [4.69, 9.17) is 0 Å². The molecule has 0 fully saturated rings. The van der Waals surface area contributed by atoms with Gasteiger partial charge in [-0.25, -0.2) is 4.98 Å². The molecule has 1 aliphatic heterocycles. The molecule has 0 spiro atoms. The Labute approximate surface area is 59.4 Å². The summed E-state index contributed by atoms with van der Waals surface area (Å²) in [6.45, 7) is 2.09. The summed E-state index contributed by atoms with van der Waals surface area (Å²) >= 11 is 0. The van der Waals surface area contributed by atoms with Gasteiger partial charge in [0.05, 0.1) is 0 Å². The standard InChI is InChI=1S/C7H9N3/c1-6-2-4-10-5-3-8-7(10)9-6/h2-6H,1H3,(H,8,9)/t6-/m0/s1. The van der Waals surface area contributed by atoms with Crippen LogP contribution in [-0.4, -0.2) is 15.6 Å². The Balaban J connectivity index is 2.43. The van der Waals surface area contributed by atoms with E-state index in [0.717, 1.165) is 5.95 Å². The van der Waals surface area contributed by atoms with Crippen LogP contribution in [0, 0.1) is 0 Å². The fourth-order valence-corrected chi connectivity index (χ4v) is 1.02. The Kier molecular flexibility index (Phi) is 1.03. The van der Waals surface area contributed by atoms with Gasteiger partial charge in [0.25, 0.3) is 0 Å². The first-order valence-corrected chi connectivity index (χ1v) is 3.34. The Morgan fingerprint density at radius 1 is 1.70 bits per heavy atom. The summed E-state index contributed by atoms with van der Waals surface area (Å²) in [4.78, 5) is 4.11. The molecule has 1 aliphatic rings. The van der Waals surface area contributed by atoms with E-state index in [9.17, 15) is 0 Å². The van der Waals surface area contributed by atoms with Crippen molar-refractivity contribution >= 4 is 12.1 Å². The van der Waals surface area contributed by atoms with Gasteiger partial charge in [-0.05, 0) is 13.0 Å². The first-order valence-electron chi connectivity index (χ1n) is 3.34. The van der Waals surface area contributed by atoms with Crippen LogP contribution in [0.25, 0.3) is 6.20 Å². The molecule has 1 atom stereocenters. The van der Waals surface area contributed by atoms with Gasteiger partial charge in [0, 0.05) is 24.6 Å². The van der Waals surface area contributed by atoms with E-state index >= 15 is 0 Å². The molecule has 1 aromatic rings. The highest BCUT2D eigenvalue weighted by molar-refractivity contribution is 5.45. The SMILES string of the molecule is C[C@H]1C=Cn2ccnc2N1. The van der Waals surface area contributed by atoms with Crippen LogP contribution in [0.5, 0.6) is 0 Å². The minimum atomic E-state index is 0.398. The third-order valence-corrected chi connectivity index (χ3v) is 1.56. The second-order valence-electron chi connectivity index (χ2n) is 2.43. The highest BCUT2D eigenvalue weighted by Crippen LogP contribution is 2.11. The molecule has 0 amide bonds. The zero-order valence-electron chi connectivity index (χ0n) is 5.78. The van der Waals surface area contributed by atoms with Gasteiger partial charge < -0.3 is 5.32 Å². The van der Waals surface area contributed by atoms with Gasteiger partial charge in [0.15, 0.2) is 0 Å². The summed E-state index contributed by atoms with van der Waals surface area (Å²) in [6, 6.07) is 0.398. The fourth-order valence-electron chi connectivity index (χ4n) is 1.02. The second-order valence-corrected chi connectivity index (χ2v) is 2.43. The van der Waals surface area contributed by atoms with Crippen molar-refractivity contribution in [2.75, 3.05) is 5.32 Å². The van der Waals surface area contributed by atoms with E-state index in [0.29, 0.717) is 6.04 Å². The van der Waals surface area contributed by atoms with E-state index in [2.05, 4.69) is 23.3 Å². The predicted octanol–water partition coefficient (Wildman–Crippen LogP) is 1.17. The highest BCUT2D eigenvalue weighted by atomic mass is 15.2. The number of anilines is 1. The van der Waals surface area contributed by atoms with Crippen LogP contribution < -0.4 is 5.32 Å². The van der Waals surface area contributed by atoms with Crippen LogP contribution in [-0.2, 0) is 0 Å². The molecule has 52 valence electrons. The molecule has 0 bridgehead atoms. The predicted molar refractivity (Wildman–Crippen MR) is 40.6 cm³/mol. The van der Waals surface area contributed by atoms with Crippen molar-refractivity contribution in [3.05, 3.63) is 18.5 Å². The van der Waals surface area contributed by atoms with Crippen molar-refractivity contribution in [2.45, 2.75) is 13.0 Å². The third-order valence-electron chi connectivity index (χ3n) is 1.56. The molecular weight excluding hydrogens is 126 g/mol. The molecule has 10 heavy (non-hydrogen) atoms. The lowest BCUT2D eigenvalue weighted by Crippen LogP contribution is -2.18. The zero-order chi connectivity index (χ0) is 6.97. The maximum atomic E-state index is 4.11. The number of hydrogen-bond acceptors (Lipinski definition) is 2. The van der Waals surface area contributed by atoms with Crippen LogP contribution >= 0.6 is 0 Å². The Bertz CT molecular complexity index is 262. The number of imidazole rings is 1. The van der Waals surface area contributed by atoms with Crippen LogP contribution in [0.15, 0.2) is 18.5 Å². The largest absolute Gasteiger partial charge is 0.349 e. The van der Waals surface area contributed by atoms with Gasteiger partial charge in [-0.2, -0.15) is 0 Å². The molecule has 1 aromatic heterocycles. The van der Waals surface area contributed by atoms with E-state index in [1.807, 2.05) is 17.0 Å². The Hall–Kier alpha value is -1.25. The number of aromatic nitrogens is 2. The Morgan fingerprint density at radius 3 is 3.50 bits per heavy atom.